The zero-order chi connectivity index (χ0) is 18.0. The molecule has 1 amide bonds. The predicted octanol–water partition coefficient (Wildman–Crippen LogP) is 2.66. The van der Waals surface area contributed by atoms with Crippen molar-refractivity contribution in [2.45, 2.75) is 45.2 Å². The lowest BCUT2D eigenvalue weighted by Gasteiger charge is -2.22. The Hall–Kier alpha value is -2.56. The third-order valence-corrected chi connectivity index (χ3v) is 5.04. The first-order valence-electron chi connectivity index (χ1n) is 8.70. The van der Waals surface area contributed by atoms with Crippen molar-refractivity contribution >= 4 is 5.91 Å². The highest BCUT2D eigenvalue weighted by Gasteiger charge is 2.32. The molecule has 1 N–H and O–H groups in total. The molecule has 5 heteroatoms. The number of aryl methyl sites for hydroxylation is 1. The van der Waals surface area contributed by atoms with E-state index in [1.54, 1.807) is 6.92 Å². The molecule has 0 spiro atoms. The Morgan fingerprint density at radius 2 is 1.96 bits per heavy atom. The van der Waals surface area contributed by atoms with Gasteiger partial charge in [0.1, 0.15) is 5.75 Å². The van der Waals surface area contributed by atoms with E-state index in [-0.39, 0.29) is 29.7 Å². The van der Waals surface area contributed by atoms with E-state index in [0.29, 0.717) is 18.2 Å². The van der Waals surface area contributed by atoms with Crippen molar-refractivity contribution in [1.29, 1.82) is 0 Å². The van der Waals surface area contributed by atoms with Crippen LogP contribution in [0.5, 0.6) is 5.75 Å². The summed E-state index contributed by atoms with van der Waals surface area (Å²) in [5, 5.41) is 9.45. The fourth-order valence-corrected chi connectivity index (χ4v) is 3.69. The standard InChI is InChI=1S/C20H24N2O3/c1-14-10-17(16-6-4-3-5-7-16)13-22(14)19(24)8-9-21-15(2)11-18(23)12-20(21)25/h3-7,11-12,14,17,23H,8-10,13H2,1-2H3. The van der Waals surface area contributed by atoms with Gasteiger partial charge in [0.25, 0.3) is 5.56 Å². The molecular weight excluding hydrogens is 316 g/mol. The van der Waals surface area contributed by atoms with Crippen molar-refractivity contribution in [3.05, 3.63) is 64.1 Å². The van der Waals surface area contributed by atoms with Gasteiger partial charge in [0, 0.05) is 43.2 Å². The zero-order valence-electron chi connectivity index (χ0n) is 14.7. The van der Waals surface area contributed by atoms with Gasteiger partial charge in [-0.25, -0.2) is 0 Å². The number of hydrogen-bond acceptors (Lipinski definition) is 3. The van der Waals surface area contributed by atoms with Crippen LogP contribution in [-0.4, -0.2) is 33.1 Å². The van der Waals surface area contributed by atoms with Crippen LogP contribution in [0.4, 0.5) is 0 Å². The predicted molar refractivity (Wildman–Crippen MR) is 96.7 cm³/mol. The van der Waals surface area contributed by atoms with E-state index in [1.165, 1.54) is 22.3 Å². The van der Waals surface area contributed by atoms with Crippen molar-refractivity contribution < 1.29 is 9.90 Å². The summed E-state index contributed by atoms with van der Waals surface area (Å²) in [6, 6.07) is 13.2. The van der Waals surface area contributed by atoms with Crippen LogP contribution in [0.15, 0.2) is 47.3 Å². The molecule has 0 saturated carbocycles. The van der Waals surface area contributed by atoms with E-state index in [1.807, 2.05) is 23.1 Å². The minimum Gasteiger partial charge on any atom is -0.508 e. The summed E-state index contributed by atoms with van der Waals surface area (Å²) in [7, 11) is 0. The van der Waals surface area contributed by atoms with Gasteiger partial charge in [-0.05, 0) is 31.9 Å². The minimum atomic E-state index is -0.276. The Morgan fingerprint density at radius 3 is 2.64 bits per heavy atom. The number of carbonyl (C=O) groups is 1. The first-order chi connectivity index (χ1) is 12.0. The molecule has 5 nitrogen and oxygen atoms in total. The molecule has 2 unspecified atom stereocenters. The molecular formula is C20H24N2O3. The maximum atomic E-state index is 12.7. The van der Waals surface area contributed by atoms with E-state index in [2.05, 4.69) is 19.1 Å². The Labute approximate surface area is 147 Å². The average molecular weight is 340 g/mol. The second-order valence-electron chi connectivity index (χ2n) is 6.83. The number of carbonyl (C=O) groups excluding carboxylic acids is 1. The van der Waals surface area contributed by atoms with E-state index in [4.69, 9.17) is 0 Å². The molecule has 0 radical (unpaired) electrons. The zero-order valence-corrected chi connectivity index (χ0v) is 14.7. The number of rotatable bonds is 4. The summed E-state index contributed by atoms with van der Waals surface area (Å²) in [6.45, 7) is 4.91. The van der Waals surface area contributed by atoms with Gasteiger partial charge in [-0.1, -0.05) is 30.3 Å². The van der Waals surface area contributed by atoms with Gasteiger partial charge in [-0.3, -0.25) is 9.59 Å². The summed E-state index contributed by atoms with van der Waals surface area (Å²) in [4.78, 5) is 26.6. The number of hydrogen-bond donors (Lipinski definition) is 1. The van der Waals surface area contributed by atoms with E-state index < -0.39 is 0 Å². The van der Waals surface area contributed by atoms with Gasteiger partial charge >= 0.3 is 0 Å². The minimum absolute atomic E-state index is 0.0380. The highest BCUT2D eigenvalue weighted by atomic mass is 16.3. The molecule has 25 heavy (non-hydrogen) atoms. The fourth-order valence-electron chi connectivity index (χ4n) is 3.69. The summed E-state index contributed by atoms with van der Waals surface area (Å²) in [6.07, 6.45) is 1.26. The van der Waals surface area contributed by atoms with Gasteiger partial charge < -0.3 is 14.6 Å². The summed E-state index contributed by atoms with van der Waals surface area (Å²) in [5.74, 6) is 0.410. The molecule has 1 aromatic carbocycles. The van der Waals surface area contributed by atoms with Gasteiger partial charge in [0.2, 0.25) is 5.91 Å². The van der Waals surface area contributed by atoms with Gasteiger partial charge in [-0.2, -0.15) is 0 Å². The number of benzene rings is 1. The SMILES string of the molecule is Cc1cc(O)cc(=O)n1CCC(=O)N1CC(c2ccccc2)CC1C. The molecule has 1 saturated heterocycles. The normalized spacial score (nSPS) is 20.0. The maximum Gasteiger partial charge on any atom is 0.254 e. The molecule has 0 aliphatic carbocycles. The van der Waals surface area contributed by atoms with Crippen molar-refractivity contribution in [1.82, 2.24) is 9.47 Å². The van der Waals surface area contributed by atoms with E-state index in [0.717, 1.165) is 13.0 Å². The lowest BCUT2D eigenvalue weighted by Crippen LogP contribution is -2.35. The molecule has 0 bridgehead atoms. The molecule has 1 aliphatic heterocycles. The fraction of sp³-hybridized carbons (Fsp3) is 0.400. The molecule has 3 rings (SSSR count). The molecule has 132 valence electrons. The highest BCUT2D eigenvalue weighted by Crippen LogP contribution is 2.31. The number of aromatic hydroxyl groups is 1. The number of amides is 1. The first kappa shape index (κ1) is 17.3. The van der Waals surface area contributed by atoms with Crippen LogP contribution in [0.25, 0.3) is 0 Å². The van der Waals surface area contributed by atoms with Gasteiger partial charge in [-0.15, -0.1) is 0 Å². The van der Waals surface area contributed by atoms with Crippen LogP contribution in [-0.2, 0) is 11.3 Å². The third-order valence-electron chi connectivity index (χ3n) is 5.04. The third kappa shape index (κ3) is 3.76. The quantitative estimate of drug-likeness (QED) is 0.931. The van der Waals surface area contributed by atoms with Gasteiger partial charge in [0.15, 0.2) is 0 Å². The van der Waals surface area contributed by atoms with Crippen molar-refractivity contribution in [3.63, 3.8) is 0 Å². The van der Waals surface area contributed by atoms with Crippen LogP contribution in [0.2, 0.25) is 0 Å². The number of nitrogens with zero attached hydrogens (tertiary/aromatic N) is 2. The van der Waals surface area contributed by atoms with E-state index in [9.17, 15) is 14.7 Å². The van der Waals surface area contributed by atoms with Crippen LogP contribution in [0.3, 0.4) is 0 Å². The number of likely N-dealkylation sites (tertiary alicyclic amines) is 1. The molecule has 1 fully saturated rings. The number of aromatic nitrogens is 1. The van der Waals surface area contributed by atoms with Crippen LogP contribution in [0, 0.1) is 6.92 Å². The summed E-state index contributed by atoms with van der Waals surface area (Å²) < 4.78 is 1.53. The second kappa shape index (κ2) is 7.13. The van der Waals surface area contributed by atoms with Crippen molar-refractivity contribution in [2.24, 2.45) is 0 Å². The summed E-state index contributed by atoms with van der Waals surface area (Å²) >= 11 is 0. The van der Waals surface area contributed by atoms with E-state index >= 15 is 0 Å². The largest absolute Gasteiger partial charge is 0.508 e. The molecule has 2 aromatic rings. The Bertz CT molecular complexity index is 813. The topological polar surface area (TPSA) is 62.5 Å². The van der Waals surface area contributed by atoms with Crippen molar-refractivity contribution in [3.8, 4) is 5.75 Å². The lowest BCUT2D eigenvalue weighted by atomic mass is 9.97. The van der Waals surface area contributed by atoms with Crippen LogP contribution >= 0.6 is 0 Å². The first-order valence-corrected chi connectivity index (χ1v) is 8.70. The van der Waals surface area contributed by atoms with Crippen LogP contribution < -0.4 is 5.56 Å². The van der Waals surface area contributed by atoms with Crippen LogP contribution in [0.1, 0.15) is 36.9 Å². The molecule has 2 atom stereocenters. The van der Waals surface area contributed by atoms with Crippen molar-refractivity contribution in [2.75, 3.05) is 6.54 Å². The molecule has 1 aromatic heterocycles. The smallest absolute Gasteiger partial charge is 0.254 e. The Morgan fingerprint density at radius 1 is 1.24 bits per heavy atom. The second-order valence-corrected chi connectivity index (χ2v) is 6.83. The Kier molecular flexibility index (Phi) is 4.93. The molecule has 1 aliphatic rings. The Balaban J connectivity index is 1.65. The maximum absolute atomic E-state index is 12.7. The molecule has 2 heterocycles. The number of pyridine rings is 1. The summed E-state index contributed by atoms with van der Waals surface area (Å²) in [5.41, 5.74) is 1.66. The monoisotopic (exact) mass is 340 g/mol. The lowest BCUT2D eigenvalue weighted by molar-refractivity contribution is -0.132. The average Bonchev–Trinajstić information content (AvgIpc) is 2.96. The van der Waals surface area contributed by atoms with Gasteiger partial charge in [0.05, 0.1) is 0 Å². The highest BCUT2D eigenvalue weighted by molar-refractivity contribution is 5.77.